The molecule has 1 rings (SSSR count). The number of benzene rings is 1. The summed E-state index contributed by atoms with van der Waals surface area (Å²) >= 11 is 6.02. The van der Waals surface area contributed by atoms with E-state index in [1.54, 1.807) is 0 Å². The first-order chi connectivity index (χ1) is 7.99. The summed E-state index contributed by atoms with van der Waals surface area (Å²) in [5.41, 5.74) is 6.10. The van der Waals surface area contributed by atoms with Crippen LogP contribution in [0.2, 0.25) is 5.02 Å². The lowest BCUT2D eigenvalue weighted by Crippen LogP contribution is -2.07. The quantitative estimate of drug-likeness (QED) is 0.663. The Hall–Kier alpha value is -1.62. The average molecular weight is 260 g/mol. The topological polar surface area (TPSA) is 70.8 Å². The van der Waals surface area contributed by atoms with Crippen LogP contribution >= 0.6 is 11.6 Å². The third-order valence-electron chi connectivity index (χ3n) is 2.31. The van der Waals surface area contributed by atoms with Crippen LogP contribution in [-0.4, -0.2) is 27.1 Å². The van der Waals surface area contributed by atoms with E-state index in [0.29, 0.717) is 0 Å². The molecule has 1 aromatic rings. The fraction of sp³-hybridized carbons (Fsp3) is 0.364. The first-order valence-corrected chi connectivity index (χ1v) is 5.15. The molecule has 0 saturated heterocycles. The second-order valence-corrected chi connectivity index (χ2v) is 3.64. The molecule has 0 aliphatic heterocycles. The van der Waals surface area contributed by atoms with E-state index in [0.717, 1.165) is 0 Å². The fourth-order valence-corrected chi connectivity index (χ4v) is 1.84. The van der Waals surface area contributed by atoms with Gasteiger partial charge in [-0.25, -0.2) is 0 Å². The molecule has 0 heterocycles. The van der Waals surface area contributed by atoms with Crippen LogP contribution in [0.3, 0.4) is 0 Å². The van der Waals surface area contributed by atoms with E-state index in [4.69, 9.17) is 31.5 Å². The second-order valence-electron chi connectivity index (χ2n) is 3.26. The van der Waals surface area contributed by atoms with Crippen molar-refractivity contribution in [1.82, 2.24) is 0 Å². The number of anilines is 1. The SMILES string of the molecule is COc1c(Cl)c(N)c(C(C)=O)c(OC)c1OC. The summed E-state index contributed by atoms with van der Waals surface area (Å²) in [5.74, 6) is 0.453. The van der Waals surface area contributed by atoms with Gasteiger partial charge in [-0.1, -0.05) is 11.6 Å². The number of rotatable bonds is 4. The first kappa shape index (κ1) is 13.4. The summed E-state index contributed by atoms with van der Waals surface area (Å²) < 4.78 is 15.4. The zero-order chi connectivity index (χ0) is 13.2. The van der Waals surface area contributed by atoms with Gasteiger partial charge in [-0.2, -0.15) is 0 Å². The number of halogens is 1. The zero-order valence-electron chi connectivity index (χ0n) is 10.1. The average Bonchev–Trinajstić information content (AvgIpc) is 2.30. The minimum absolute atomic E-state index is 0.119. The number of carbonyl (C=O) groups excluding carboxylic acids is 1. The predicted molar refractivity (Wildman–Crippen MR) is 65.5 cm³/mol. The molecule has 0 radical (unpaired) electrons. The Labute approximate surface area is 104 Å². The number of hydrogen-bond donors (Lipinski definition) is 1. The van der Waals surface area contributed by atoms with Crippen molar-refractivity contribution in [3.05, 3.63) is 10.6 Å². The van der Waals surface area contributed by atoms with Gasteiger partial charge >= 0.3 is 0 Å². The number of carbonyl (C=O) groups is 1. The van der Waals surface area contributed by atoms with E-state index in [1.165, 1.54) is 28.3 Å². The molecule has 94 valence electrons. The minimum atomic E-state index is -0.262. The molecule has 1 aromatic carbocycles. The van der Waals surface area contributed by atoms with Crippen molar-refractivity contribution in [2.24, 2.45) is 0 Å². The fourth-order valence-electron chi connectivity index (χ4n) is 1.58. The van der Waals surface area contributed by atoms with Crippen LogP contribution in [0.5, 0.6) is 17.2 Å². The number of nitrogens with two attached hydrogens (primary N) is 1. The summed E-state index contributed by atoms with van der Waals surface area (Å²) in [6.07, 6.45) is 0. The van der Waals surface area contributed by atoms with Gasteiger partial charge in [-0.05, 0) is 6.92 Å². The van der Waals surface area contributed by atoms with Crippen LogP contribution in [0.1, 0.15) is 17.3 Å². The molecule has 0 aliphatic carbocycles. The number of nitrogen functional groups attached to an aromatic ring is 1. The van der Waals surface area contributed by atoms with E-state index in [9.17, 15) is 4.79 Å². The van der Waals surface area contributed by atoms with E-state index in [2.05, 4.69) is 0 Å². The summed E-state index contributed by atoms with van der Waals surface area (Å²) in [7, 11) is 4.27. The highest BCUT2D eigenvalue weighted by Crippen LogP contribution is 2.49. The van der Waals surface area contributed by atoms with Crippen molar-refractivity contribution >= 4 is 23.1 Å². The number of Topliss-reactive ketones (excluding diaryl/α,β-unsaturated/α-hetero) is 1. The lowest BCUT2D eigenvalue weighted by Gasteiger charge is -2.18. The normalized spacial score (nSPS) is 9.94. The minimum Gasteiger partial charge on any atom is -0.492 e. The molecular weight excluding hydrogens is 246 g/mol. The Balaban J connectivity index is 3.74. The van der Waals surface area contributed by atoms with E-state index in [1.807, 2.05) is 0 Å². The Morgan fingerprint density at radius 1 is 1.06 bits per heavy atom. The summed E-state index contributed by atoms with van der Waals surface area (Å²) in [6, 6.07) is 0. The molecule has 0 spiro atoms. The molecule has 17 heavy (non-hydrogen) atoms. The van der Waals surface area contributed by atoms with Gasteiger partial charge in [-0.3, -0.25) is 4.79 Å². The highest BCUT2D eigenvalue weighted by molar-refractivity contribution is 6.36. The summed E-state index contributed by atoms with van der Waals surface area (Å²) in [5, 5.41) is 0.135. The number of methoxy groups -OCH3 is 3. The molecule has 0 aliphatic rings. The first-order valence-electron chi connectivity index (χ1n) is 4.77. The molecular formula is C11H14ClNO4. The number of hydrogen-bond acceptors (Lipinski definition) is 5. The van der Waals surface area contributed by atoms with Gasteiger partial charge in [0.25, 0.3) is 0 Å². The Kier molecular flexibility index (Phi) is 4.07. The van der Waals surface area contributed by atoms with Crippen molar-refractivity contribution in [2.45, 2.75) is 6.92 Å². The monoisotopic (exact) mass is 259 g/mol. The summed E-state index contributed by atoms with van der Waals surface area (Å²) in [6.45, 7) is 1.37. The maximum atomic E-state index is 11.6. The molecule has 2 N–H and O–H groups in total. The van der Waals surface area contributed by atoms with Crippen LogP contribution in [0.25, 0.3) is 0 Å². The molecule has 0 amide bonds. The molecule has 0 bridgehead atoms. The summed E-state index contributed by atoms with van der Waals surface area (Å²) in [4.78, 5) is 11.6. The van der Waals surface area contributed by atoms with Crippen LogP contribution in [0, 0.1) is 0 Å². The smallest absolute Gasteiger partial charge is 0.205 e. The van der Waals surface area contributed by atoms with Crippen molar-refractivity contribution in [3.63, 3.8) is 0 Å². The molecule has 0 aromatic heterocycles. The molecule has 0 fully saturated rings. The largest absolute Gasteiger partial charge is 0.492 e. The van der Waals surface area contributed by atoms with E-state index in [-0.39, 0.29) is 39.3 Å². The van der Waals surface area contributed by atoms with Gasteiger partial charge < -0.3 is 19.9 Å². The molecule has 0 saturated carbocycles. The number of ether oxygens (including phenoxy) is 3. The highest BCUT2D eigenvalue weighted by Gasteiger charge is 2.26. The van der Waals surface area contributed by atoms with Gasteiger partial charge in [0, 0.05) is 0 Å². The van der Waals surface area contributed by atoms with E-state index >= 15 is 0 Å². The lowest BCUT2D eigenvalue weighted by molar-refractivity contribution is 0.101. The molecule has 0 atom stereocenters. The van der Waals surface area contributed by atoms with Gasteiger partial charge in [-0.15, -0.1) is 0 Å². The van der Waals surface area contributed by atoms with Gasteiger partial charge in [0.05, 0.1) is 32.6 Å². The maximum absolute atomic E-state index is 11.6. The standard InChI is InChI=1S/C11H14ClNO4/c1-5(14)6-8(13)7(12)10(16-3)11(17-4)9(6)15-2/h13H2,1-4H3. The Morgan fingerprint density at radius 3 is 1.88 bits per heavy atom. The Morgan fingerprint density at radius 2 is 1.53 bits per heavy atom. The Bertz CT molecular complexity index is 460. The van der Waals surface area contributed by atoms with Gasteiger partial charge in [0.2, 0.25) is 5.75 Å². The van der Waals surface area contributed by atoms with Crippen molar-refractivity contribution < 1.29 is 19.0 Å². The third-order valence-corrected chi connectivity index (χ3v) is 2.68. The van der Waals surface area contributed by atoms with Crippen LogP contribution in [-0.2, 0) is 0 Å². The lowest BCUT2D eigenvalue weighted by atomic mass is 10.1. The predicted octanol–water partition coefficient (Wildman–Crippen LogP) is 2.15. The van der Waals surface area contributed by atoms with E-state index < -0.39 is 0 Å². The maximum Gasteiger partial charge on any atom is 0.205 e. The second kappa shape index (κ2) is 5.14. The van der Waals surface area contributed by atoms with Gasteiger partial charge in [0.15, 0.2) is 17.3 Å². The molecule has 0 unspecified atom stereocenters. The van der Waals surface area contributed by atoms with Crippen molar-refractivity contribution in [3.8, 4) is 17.2 Å². The molecule has 5 nitrogen and oxygen atoms in total. The number of ketones is 1. The van der Waals surface area contributed by atoms with Crippen molar-refractivity contribution in [2.75, 3.05) is 27.1 Å². The van der Waals surface area contributed by atoms with Crippen LogP contribution in [0.4, 0.5) is 5.69 Å². The van der Waals surface area contributed by atoms with Crippen molar-refractivity contribution in [1.29, 1.82) is 0 Å². The zero-order valence-corrected chi connectivity index (χ0v) is 10.8. The third kappa shape index (κ3) is 2.10. The van der Waals surface area contributed by atoms with Crippen LogP contribution in [0.15, 0.2) is 0 Å². The van der Waals surface area contributed by atoms with Gasteiger partial charge in [0.1, 0.15) is 5.02 Å². The van der Waals surface area contributed by atoms with Crippen LogP contribution < -0.4 is 19.9 Å². The molecule has 6 heteroatoms. The highest BCUT2D eigenvalue weighted by atomic mass is 35.5.